The summed E-state index contributed by atoms with van der Waals surface area (Å²) >= 11 is 0. The first-order valence-electron chi connectivity index (χ1n) is 10.7. The molecule has 3 heterocycles. The molecule has 164 valence electrons. The van der Waals surface area contributed by atoms with Crippen LogP contribution >= 0.6 is 0 Å². The molecule has 2 aromatic carbocycles. The van der Waals surface area contributed by atoms with Crippen molar-refractivity contribution in [1.29, 1.82) is 0 Å². The molecule has 2 aliphatic rings. The zero-order valence-corrected chi connectivity index (χ0v) is 17.9. The van der Waals surface area contributed by atoms with E-state index < -0.39 is 12.0 Å². The average molecular weight is 433 g/mol. The van der Waals surface area contributed by atoms with Gasteiger partial charge in [-0.15, -0.1) is 0 Å². The topological polar surface area (TPSA) is 86.0 Å². The summed E-state index contributed by atoms with van der Waals surface area (Å²) in [5.41, 5.74) is 2.57. The quantitative estimate of drug-likeness (QED) is 0.585. The number of aryl methyl sites for hydroxylation is 1. The van der Waals surface area contributed by atoms with Crippen LogP contribution < -0.4 is 5.43 Å². The number of carbonyl (C=O) groups is 2. The zero-order chi connectivity index (χ0) is 22.4. The van der Waals surface area contributed by atoms with Gasteiger partial charge in [-0.2, -0.15) is 0 Å². The van der Waals surface area contributed by atoms with Crippen LogP contribution in [0, 0.1) is 6.92 Å². The average Bonchev–Trinajstić information content (AvgIpc) is 3.41. The Hall–Kier alpha value is -3.45. The first-order chi connectivity index (χ1) is 15.5. The highest BCUT2D eigenvalue weighted by Crippen LogP contribution is 2.39. The summed E-state index contributed by atoms with van der Waals surface area (Å²) in [5.74, 6) is -0.694. The second-order valence-electron chi connectivity index (χ2n) is 8.28. The molecule has 0 spiro atoms. The molecular formula is C25H23NO6. The van der Waals surface area contributed by atoms with Crippen LogP contribution in [0.4, 0.5) is 0 Å². The maximum absolute atomic E-state index is 13.6. The van der Waals surface area contributed by atoms with E-state index in [0.29, 0.717) is 35.2 Å². The Morgan fingerprint density at radius 3 is 2.62 bits per heavy atom. The van der Waals surface area contributed by atoms with Crippen molar-refractivity contribution >= 4 is 22.8 Å². The van der Waals surface area contributed by atoms with Gasteiger partial charge in [-0.05, 0) is 49.6 Å². The molecule has 1 aromatic heterocycles. The number of rotatable bonds is 4. The van der Waals surface area contributed by atoms with Crippen molar-refractivity contribution in [1.82, 2.24) is 4.90 Å². The van der Waals surface area contributed by atoms with Crippen molar-refractivity contribution in [3.63, 3.8) is 0 Å². The molecule has 7 heteroatoms. The third-order valence-electron chi connectivity index (χ3n) is 6.19. The second kappa shape index (κ2) is 7.91. The lowest BCUT2D eigenvalue weighted by atomic mass is 9.97. The van der Waals surface area contributed by atoms with E-state index in [9.17, 15) is 14.4 Å². The molecule has 5 rings (SSSR count). The lowest BCUT2D eigenvalue weighted by Crippen LogP contribution is -2.36. The fourth-order valence-corrected chi connectivity index (χ4v) is 4.60. The first kappa shape index (κ1) is 20.5. The summed E-state index contributed by atoms with van der Waals surface area (Å²) in [4.78, 5) is 40.5. The summed E-state index contributed by atoms with van der Waals surface area (Å²) in [7, 11) is 1.32. The number of methoxy groups -OCH3 is 1. The summed E-state index contributed by atoms with van der Waals surface area (Å²) < 4.78 is 16.5. The van der Waals surface area contributed by atoms with E-state index >= 15 is 0 Å². The number of esters is 1. The predicted octanol–water partition coefficient (Wildman–Crippen LogP) is 3.61. The molecule has 0 bridgehead atoms. The van der Waals surface area contributed by atoms with Crippen molar-refractivity contribution < 1.29 is 23.5 Å². The van der Waals surface area contributed by atoms with E-state index in [2.05, 4.69) is 0 Å². The number of amides is 1. The van der Waals surface area contributed by atoms with E-state index in [1.165, 1.54) is 7.11 Å². The molecule has 1 saturated heterocycles. The van der Waals surface area contributed by atoms with Crippen molar-refractivity contribution in [3.8, 4) is 0 Å². The minimum Gasteiger partial charge on any atom is -0.465 e. The van der Waals surface area contributed by atoms with Crippen LogP contribution in [-0.4, -0.2) is 43.1 Å². The number of fused-ring (bicyclic) bond motifs is 2. The second-order valence-corrected chi connectivity index (χ2v) is 8.28. The lowest BCUT2D eigenvalue weighted by Gasteiger charge is -2.27. The molecule has 0 radical (unpaired) electrons. The predicted molar refractivity (Wildman–Crippen MR) is 117 cm³/mol. The van der Waals surface area contributed by atoms with Crippen LogP contribution in [0.5, 0.6) is 0 Å². The van der Waals surface area contributed by atoms with Crippen LogP contribution in [0.3, 0.4) is 0 Å². The SMILES string of the molecule is COC(=O)c1ccc([C@@H]2c3c(oc4ccc(C)cc4c3=O)C(=O)N2C[C@@H]2CCCO2)cc1. The zero-order valence-electron chi connectivity index (χ0n) is 17.9. The fraction of sp³-hybridized carbons (Fsp3) is 0.320. The van der Waals surface area contributed by atoms with Crippen molar-refractivity contribution in [2.24, 2.45) is 0 Å². The van der Waals surface area contributed by atoms with Gasteiger partial charge < -0.3 is 18.8 Å². The monoisotopic (exact) mass is 433 g/mol. The summed E-state index contributed by atoms with van der Waals surface area (Å²) in [6.45, 7) is 2.93. The Kier molecular flexibility index (Phi) is 5.06. The van der Waals surface area contributed by atoms with Gasteiger partial charge >= 0.3 is 5.97 Å². The number of hydrogen-bond acceptors (Lipinski definition) is 6. The Labute approximate surface area is 184 Å². The maximum atomic E-state index is 13.6. The van der Waals surface area contributed by atoms with Gasteiger partial charge in [0, 0.05) is 13.2 Å². The van der Waals surface area contributed by atoms with Gasteiger partial charge in [0.2, 0.25) is 5.76 Å². The minimum absolute atomic E-state index is 0.0754. The number of carbonyl (C=O) groups excluding carboxylic acids is 2. The van der Waals surface area contributed by atoms with Crippen LogP contribution in [-0.2, 0) is 9.47 Å². The molecule has 0 saturated carbocycles. The molecule has 7 nitrogen and oxygen atoms in total. The molecule has 32 heavy (non-hydrogen) atoms. The fourth-order valence-electron chi connectivity index (χ4n) is 4.60. The summed E-state index contributed by atoms with van der Waals surface area (Å²) in [6, 6.07) is 11.5. The smallest absolute Gasteiger partial charge is 0.337 e. The van der Waals surface area contributed by atoms with Crippen LogP contribution in [0.2, 0.25) is 0 Å². The molecule has 2 atom stereocenters. The molecule has 0 N–H and O–H groups in total. The Morgan fingerprint density at radius 1 is 1.16 bits per heavy atom. The van der Waals surface area contributed by atoms with E-state index in [1.807, 2.05) is 13.0 Å². The van der Waals surface area contributed by atoms with Crippen molar-refractivity contribution in [3.05, 3.63) is 80.7 Å². The van der Waals surface area contributed by atoms with Crippen molar-refractivity contribution in [2.45, 2.75) is 31.9 Å². The third kappa shape index (κ3) is 3.29. The highest BCUT2D eigenvalue weighted by Gasteiger charge is 2.43. The number of ether oxygens (including phenoxy) is 2. The maximum Gasteiger partial charge on any atom is 0.337 e. The van der Waals surface area contributed by atoms with Crippen LogP contribution in [0.25, 0.3) is 11.0 Å². The molecule has 2 aliphatic heterocycles. The lowest BCUT2D eigenvalue weighted by molar-refractivity contribution is 0.0486. The van der Waals surface area contributed by atoms with Crippen LogP contribution in [0.15, 0.2) is 51.7 Å². The largest absolute Gasteiger partial charge is 0.465 e. The molecule has 1 fully saturated rings. The third-order valence-corrected chi connectivity index (χ3v) is 6.19. The Bertz CT molecular complexity index is 1270. The van der Waals surface area contributed by atoms with Gasteiger partial charge in [0.15, 0.2) is 5.43 Å². The number of nitrogens with zero attached hydrogens (tertiary/aromatic N) is 1. The van der Waals surface area contributed by atoms with Gasteiger partial charge in [0.1, 0.15) is 5.58 Å². The molecule has 3 aromatic rings. The standard InChI is InChI=1S/C25H23NO6/c1-14-5-10-19-18(12-14)22(27)20-21(15-6-8-16(9-7-15)25(29)30-2)26(24(28)23(20)32-19)13-17-4-3-11-31-17/h5-10,12,17,21H,3-4,11,13H2,1-2H3/t17-,21+/m0/s1. The highest BCUT2D eigenvalue weighted by atomic mass is 16.5. The molecule has 1 amide bonds. The minimum atomic E-state index is -0.616. The van der Waals surface area contributed by atoms with E-state index in [4.69, 9.17) is 13.9 Å². The van der Waals surface area contributed by atoms with Crippen LogP contribution in [0.1, 0.15) is 56.5 Å². The summed E-state index contributed by atoms with van der Waals surface area (Å²) in [6.07, 6.45) is 1.71. The molecular weight excluding hydrogens is 410 g/mol. The molecule has 0 unspecified atom stereocenters. The highest BCUT2D eigenvalue weighted by molar-refractivity contribution is 5.99. The number of benzene rings is 2. The first-order valence-corrected chi connectivity index (χ1v) is 10.7. The summed E-state index contributed by atoms with van der Waals surface area (Å²) in [5, 5.41) is 0.451. The molecule has 0 aliphatic carbocycles. The Balaban J connectivity index is 1.66. The van der Waals surface area contributed by atoms with Gasteiger partial charge in [-0.25, -0.2) is 4.79 Å². The van der Waals surface area contributed by atoms with E-state index in [0.717, 1.165) is 24.0 Å². The van der Waals surface area contributed by atoms with Gasteiger partial charge in [-0.1, -0.05) is 23.8 Å². The van der Waals surface area contributed by atoms with Crippen molar-refractivity contribution in [2.75, 3.05) is 20.3 Å². The van der Waals surface area contributed by atoms with Gasteiger partial charge in [-0.3, -0.25) is 9.59 Å². The van der Waals surface area contributed by atoms with Gasteiger partial charge in [0.25, 0.3) is 5.91 Å². The Morgan fingerprint density at radius 2 is 1.94 bits per heavy atom. The van der Waals surface area contributed by atoms with E-state index in [-0.39, 0.29) is 23.2 Å². The number of hydrogen-bond donors (Lipinski definition) is 0. The van der Waals surface area contributed by atoms with Gasteiger partial charge in [0.05, 0.1) is 35.8 Å². The van der Waals surface area contributed by atoms with E-state index in [1.54, 1.807) is 41.3 Å². The normalized spacial score (nSPS) is 20.1.